The first-order valence-electron chi connectivity index (χ1n) is 6.75. The van der Waals surface area contributed by atoms with Gasteiger partial charge in [-0.25, -0.2) is 4.79 Å². The number of nitrogens with two attached hydrogens (primary N) is 2. The molecule has 2 amide bonds. The molecule has 0 rings (SSSR count). The molecule has 0 unspecified atom stereocenters. The smallest absolute Gasteiger partial charge is 0.550 e. The average molecular weight is 282 g/mol. The van der Waals surface area contributed by atoms with Crippen LogP contribution in [-0.2, 0) is 4.79 Å². The van der Waals surface area contributed by atoms with Gasteiger partial charge in [-0.3, -0.25) is 0 Å². The van der Waals surface area contributed by atoms with E-state index in [-0.39, 0.29) is 36.0 Å². The molecule has 0 aliphatic heterocycles. The Kier molecular flexibility index (Phi) is 25.1. The van der Waals surface area contributed by atoms with Crippen molar-refractivity contribution in [2.45, 2.75) is 71.1 Å². The van der Waals surface area contributed by atoms with Crippen molar-refractivity contribution < 1.29 is 44.3 Å². The van der Waals surface area contributed by atoms with Crippen LogP contribution in [0.15, 0.2) is 0 Å². The Morgan fingerprint density at radius 1 is 0.842 bits per heavy atom. The number of hydrogen-bond acceptors (Lipinski definition) is 3. The fourth-order valence-corrected chi connectivity index (χ4v) is 1.58. The molecule has 0 bridgehead atoms. The van der Waals surface area contributed by atoms with Gasteiger partial charge in [-0.2, -0.15) is 0 Å². The number of carboxylic acids is 1. The zero-order valence-corrected chi connectivity index (χ0v) is 14.5. The minimum Gasteiger partial charge on any atom is -0.550 e. The molecule has 6 heteroatoms. The third kappa shape index (κ3) is 38.1. The second kappa shape index (κ2) is 20.1. The number of hydrogen-bond donors (Lipinski definition) is 2. The molecule has 108 valence electrons. The second-order valence-corrected chi connectivity index (χ2v) is 4.35. The van der Waals surface area contributed by atoms with Crippen LogP contribution in [0.3, 0.4) is 0 Å². The van der Waals surface area contributed by atoms with E-state index in [1.807, 2.05) is 0 Å². The van der Waals surface area contributed by atoms with E-state index in [4.69, 9.17) is 4.79 Å². The van der Waals surface area contributed by atoms with Crippen molar-refractivity contribution in [3.8, 4) is 0 Å². The summed E-state index contributed by atoms with van der Waals surface area (Å²) in [5.74, 6) is -0.909. The van der Waals surface area contributed by atoms with Crippen LogP contribution in [0.25, 0.3) is 0 Å². The third-order valence-electron chi connectivity index (χ3n) is 2.48. The molecule has 0 atom stereocenters. The van der Waals surface area contributed by atoms with Crippen LogP contribution in [-0.4, -0.2) is 12.0 Å². The Morgan fingerprint density at radius 2 is 1.16 bits per heavy atom. The molecule has 0 saturated heterocycles. The normalized spacial score (nSPS) is 8.89. The van der Waals surface area contributed by atoms with Crippen LogP contribution < -0.4 is 46.1 Å². The molecule has 4 N–H and O–H groups in total. The van der Waals surface area contributed by atoms with Crippen LogP contribution in [0.1, 0.15) is 71.1 Å². The van der Waals surface area contributed by atoms with Gasteiger partial charge in [0, 0.05) is 5.97 Å². The number of rotatable bonds is 10. The Labute approximate surface area is 138 Å². The first-order valence-corrected chi connectivity index (χ1v) is 6.75. The molecule has 0 aliphatic rings. The largest absolute Gasteiger partial charge is 1.00 e. The first kappa shape index (κ1) is 23.8. The zero-order chi connectivity index (χ0) is 14.2. The zero-order valence-electron chi connectivity index (χ0n) is 12.5. The summed E-state index contributed by atoms with van der Waals surface area (Å²) in [7, 11) is 0. The monoisotopic (exact) mass is 282 g/mol. The van der Waals surface area contributed by atoms with Crippen LogP contribution in [0.5, 0.6) is 0 Å². The van der Waals surface area contributed by atoms with E-state index in [1.165, 1.54) is 44.9 Å². The van der Waals surface area contributed by atoms with E-state index in [9.17, 15) is 9.90 Å². The molecule has 5 nitrogen and oxygen atoms in total. The SMILES string of the molecule is CCCCCCCCCCCC(=O)[O-].NC(N)=O.[Na+]. The summed E-state index contributed by atoms with van der Waals surface area (Å²) >= 11 is 0. The van der Waals surface area contributed by atoms with E-state index in [1.54, 1.807) is 0 Å². The molecule has 0 saturated carbocycles. The minimum absolute atomic E-state index is 0. The van der Waals surface area contributed by atoms with Gasteiger partial charge in [-0.05, 0) is 12.8 Å². The number of carbonyl (C=O) groups excluding carboxylic acids is 2. The van der Waals surface area contributed by atoms with Gasteiger partial charge in [0.05, 0.1) is 0 Å². The van der Waals surface area contributed by atoms with Crippen molar-refractivity contribution >= 4 is 12.0 Å². The maximum atomic E-state index is 10.1. The standard InChI is InChI=1S/C12H24O2.CH4N2O.Na/c1-2-3-4-5-6-7-8-9-10-11-12(13)14;2-1(3)4;/h2-11H2,1H3,(H,13,14);(H4,2,3,4);/q;;+1/p-1. The topological polar surface area (TPSA) is 109 Å². The molecule has 0 aromatic carbocycles. The Balaban J connectivity index is -0.000000448. The quantitative estimate of drug-likeness (QED) is 0.383. The van der Waals surface area contributed by atoms with E-state index in [2.05, 4.69) is 18.4 Å². The van der Waals surface area contributed by atoms with E-state index in [0.717, 1.165) is 12.8 Å². The number of carboxylic acid groups (broad SMARTS) is 1. The fraction of sp³-hybridized carbons (Fsp3) is 0.846. The van der Waals surface area contributed by atoms with Crippen LogP contribution in [0.2, 0.25) is 0 Å². The predicted octanol–water partition coefficient (Wildman–Crippen LogP) is -1.31. The Hall–Kier alpha value is -0.260. The molecule has 0 aromatic heterocycles. The molecular weight excluding hydrogens is 255 g/mol. The molecule has 0 heterocycles. The number of aliphatic carboxylic acids is 1. The predicted molar refractivity (Wildman–Crippen MR) is 70.6 cm³/mol. The minimum atomic E-state index is -0.909. The summed E-state index contributed by atoms with van der Waals surface area (Å²) in [5, 5.41) is 10.1. The van der Waals surface area contributed by atoms with Gasteiger partial charge in [0.25, 0.3) is 0 Å². The van der Waals surface area contributed by atoms with Gasteiger partial charge in [-0.1, -0.05) is 58.3 Å². The van der Waals surface area contributed by atoms with Gasteiger partial charge >= 0.3 is 35.6 Å². The van der Waals surface area contributed by atoms with Crippen molar-refractivity contribution in [2.24, 2.45) is 11.5 Å². The van der Waals surface area contributed by atoms with Gasteiger partial charge in [0.2, 0.25) is 0 Å². The summed E-state index contributed by atoms with van der Waals surface area (Å²) in [6, 6.07) is -0.833. The van der Waals surface area contributed by atoms with Crippen molar-refractivity contribution in [1.29, 1.82) is 0 Å². The molecule has 0 aliphatic carbocycles. The molecule has 19 heavy (non-hydrogen) atoms. The van der Waals surface area contributed by atoms with E-state index >= 15 is 0 Å². The molecule has 0 aromatic rings. The number of urea groups is 1. The van der Waals surface area contributed by atoms with E-state index < -0.39 is 12.0 Å². The maximum Gasteiger partial charge on any atom is 1.00 e. The van der Waals surface area contributed by atoms with E-state index in [0.29, 0.717) is 0 Å². The summed E-state index contributed by atoms with van der Waals surface area (Å²) in [6.45, 7) is 2.22. The summed E-state index contributed by atoms with van der Waals surface area (Å²) < 4.78 is 0. The van der Waals surface area contributed by atoms with Crippen molar-refractivity contribution in [2.75, 3.05) is 0 Å². The van der Waals surface area contributed by atoms with Crippen molar-refractivity contribution in [3.63, 3.8) is 0 Å². The summed E-state index contributed by atoms with van der Waals surface area (Å²) in [5.41, 5.74) is 8.50. The summed E-state index contributed by atoms with van der Waals surface area (Å²) in [6.07, 6.45) is 11.2. The van der Waals surface area contributed by atoms with Gasteiger partial charge in [0.1, 0.15) is 0 Å². The van der Waals surface area contributed by atoms with Gasteiger partial charge in [0.15, 0.2) is 0 Å². The van der Waals surface area contributed by atoms with Crippen LogP contribution in [0.4, 0.5) is 4.79 Å². The van der Waals surface area contributed by atoms with Crippen molar-refractivity contribution in [1.82, 2.24) is 0 Å². The molecule has 0 radical (unpaired) electrons. The van der Waals surface area contributed by atoms with Crippen LogP contribution in [0, 0.1) is 0 Å². The average Bonchev–Trinajstić information content (AvgIpc) is 2.26. The van der Waals surface area contributed by atoms with Crippen LogP contribution >= 0.6 is 0 Å². The number of amides is 2. The number of carbonyl (C=O) groups is 2. The van der Waals surface area contributed by atoms with Crippen molar-refractivity contribution in [3.05, 3.63) is 0 Å². The number of unbranched alkanes of at least 4 members (excludes halogenated alkanes) is 8. The molecule has 0 spiro atoms. The molecular formula is C13H27N2NaO3. The number of primary amides is 2. The van der Waals surface area contributed by atoms with Gasteiger partial charge in [-0.15, -0.1) is 0 Å². The molecule has 0 fully saturated rings. The summed E-state index contributed by atoms with van der Waals surface area (Å²) in [4.78, 5) is 19.1. The third-order valence-corrected chi connectivity index (χ3v) is 2.48. The maximum absolute atomic E-state index is 10.1. The second-order valence-electron chi connectivity index (χ2n) is 4.35. The van der Waals surface area contributed by atoms with Gasteiger partial charge < -0.3 is 21.4 Å². The first-order chi connectivity index (χ1) is 8.50. The Morgan fingerprint density at radius 3 is 1.47 bits per heavy atom. The fourth-order valence-electron chi connectivity index (χ4n) is 1.58. The Bertz CT molecular complexity index is 210.